The summed E-state index contributed by atoms with van der Waals surface area (Å²) in [4.78, 5) is 40.6. The van der Waals surface area contributed by atoms with E-state index in [9.17, 15) is 29.7 Å². The predicted molar refractivity (Wildman–Crippen MR) is 175 cm³/mol. The lowest BCUT2D eigenvalue weighted by Gasteiger charge is -2.56. The van der Waals surface area contributed by atoms with Gasteiger partial charge < -0.3 is 24.8 Å². The molecule has 5 aliphatic rings. The molecule has 0 aromatic heterocycles. The van der Waals surface area contributed by atoms with E-state index < -0.39 is 40.4 Å². The van der Waals surface area contributed by atoms with Crippen molar-refractivity contribution in [2.75, 3.05) is 0 Å². The zero-order valence-electron chi connectivity index (χ0n) is 28.2. The Kier molecular flexibility index (Phi) is 8.52. The van der Waals surface area contributed by atoms with Crippen molar-refractivity contribution in [1.82, 2.24) is 0 Å². The zero-order chi connectivity index (χ0) is 33.9. The maximum atomic E-state index is 14.7. The highest BCUT2D eigenvalue weighted by atomic mass is 16.6. The van der Waals surface area contributed by atoms with Gasteiger partial charge in [0.1, 0.15) is 22.8 Å². The lowest BCUT2D eigenvalue weighted by Crippen LogP contribution is -2.72. The van der Waals surface area contributed by atoms with E-state index in [1.807, 2.05) is 46.8 Å². The van der Waals surface area contributed by atoms with Crippen LogP contribution in [0.25, 0.3) is 0 Å². The minimum atomic E-state index is -1.67. The number of ketones is 2. The molecule has 3 aliphatic carbocycles. The number of Topliss-reactive ketones (excluding diaryl/α,β-unsaturated/α-hetero) is 2. The summed E-state index contributed by atoms with van der Waals surface area (Å²) in [5.74, 6) is -3.33. The summed E-state index contributed by atoms with van der Waals surface area (Å²) in [7, 11) is 0. The number of rotatable bonds is 10. The van der Waals surface area contributed by atoms with Gasteiger partial charge in [-0.05, 0) is 87.5 Å². The maximum Gasteiger partial charge on any atom is 0.330 e. The van der Waals surface area contributed by atoms with Gasteiger partial charge in [0.05, 0.1) is 5.60 Å². The largest absolute Gasteiger partial charge is 0.507 e. The molecule has 6 rings (SSSR count). The van der Waals surface area contributed by atoms with Gasteiger partial charge in [-0.15, -0.1) is 0 Å². The van der Waals surface area contributed by atoms with E-state index in [0.29, 0.717) is 12.0 Å². The highest BCUT2D eigenvalue weighted by Gasteiger charge is 2.81. The number of carboxylic acid groups (broad SMARTS) is 1. The Labute approximate surface area is 271 Å². The molecule has 4 bridgehead atoms. The standard InChI is InChI=1S/C38H46O8/c1-20(2)10-9-11-22(5)13-15-25-30(39)26(14-12-21(3)4)33-29(31(25)40)32(41)27-18-24-19-28-36(7,8)46-37(34(24)42,38(27,28)45-33)17-16-23(6)35(43)44/h10,12-13,16,18,24,28,39-40H,9,11,14-15,17,19H2,1-8H3,(H,43,44)/t24-,28?,37?,38-/m1/s1. The number of fused-ring (bicyclic) bond motifs is 1. The van der Waals surface area contributed by atoms with Crippen LogP contribution < -0.4 is 4.74 Å². The average Bonchev–Trinajstić information content (AvgIpc) is 3.12. The lowest BCUT2D eigenvalue weighted by molar-refractivity contribution is -0.171. The van der Waals surface area contributed by atoms with Crippen LogP contribution in [-0.2, 0) is 27.2 Å². The minimum absolute atomic E-state index is 0.0259. The average molecular weight is 631 g/mol. The fraction of sp³-hybridized carbons (Fsp3) is 0.500. The van der Waals surface area contributed by atoms with Gasteiger partial charge in [-0.1, -0.05) is 47.1 Å². The number of allylic oxidation sites excluding steroid dienone is 7. The molecule has 246 valence electrons. The summed E-state index contributed by atoms with van der Waals surface area (Å²) < 4.78 is 13.6. The molecule has 2 unspecified atom stereocenters. The fourth-order valence-electron chi connectivity index (χ4n) is 7.80. The number of carbonyl (C=O) groups is 3. The number of hydrogen-bond donors (Lipinski definition) is 3. The van der Waals surface area contributed by atoms with E-state index in [1.165, 1.54) is 18.6 Å². The van der Waals surface area contributed by atoms with Crippen molar-refractivity contribution < 1.29 is 39.2 Å². The maximum absolute atomic E-state index is 14.7. The summed E-state index contributed by atoms with van der Waals surface area (Å²) in [5.41, 5.74) is 0.0623. The molecule has 2 fully saturated rings. The number of carbonyl (C=O) groups excluding carboxylic acids is 2. The van der Waals surface area contributed by atoms with Crippen LogP contribution in [0.3, 0.4) is 0 Å². The Hall–Kier alpha value is -3.91. The quantitative estimate of drug-likeness (QED) is 0.182. The van der Waals surface area contributed by atoms with Gasteiger partial charge in [0.2, 0.25) is 0 Å². The summed E-state index contributed by atoms with van der Waals surface area (Å²) in [5, 5.41) is 33.0. The highest BCUT2D eigenvalue weighted by Crippen LogP contribution is 2.68. The smallest absolute Gasteiger partial charge is 0.330 e. The molecule has 3 N–H and O–H groups in total. The molecular weight excluding hydrogens is 584 g/mol. The number of ether oxygens (including phenoxy) is 2. The van der Waals surface area contributed by atoms with Gasteiger partial charge >= 0.3 is 5.97 Å². The van der Waals surface area contributed by atoms with E-state index in [2.05, 4.69) is 19.9 Å². The van der Waals surface area contributed by atoms with Crippen LogP contribution in [0.1, 0.15) is 103 Å². The van der Waals surface area contributed by atoms with Crippen LogP contribution in [0, 0.1) is 11.8 Å². The summed E-state index contributed by atoms with van der Waals surface area (Å²) in [6.45, 7) is 15.2. The number of phenolic OH excluding ortho intramolecular Hbond substituents is 2. The van der Waals surface area contributed by atoms with Crippen LogP contribution in [-0.4, -0.2) is 49.7 Å². The van der Waals surface area contributed by atoms with Gasteiger partial charge in [-0.25, -0.2) is 4.79 Å². The fourth-order valence-corrected chi connectivity index (χ4v) is 7.80. The van der Waals surface area contributed by atoms with E-state index >= 15 is 0 Å². The molecule has 1 saturated carbocycles. The predicted octanol–water partition coefficient (Wildman–Crippen LogP) is 7.27. The van der Waals surface area contributed by atoms with E-state index in [4.69, 9.17) is 9.47 Å². The van der Waals surface area contributed by atoms with Crippen molar-refractivity contribution >= 4 is 17.5 Å². The molecule has 2 aliphatic heterocycles. The third-order valence-corrected chi connectivity index (χ3v) is 10.2. The monoisotopic (exact) mass is 630 g/mol. The Morgan fingerprint density at radius 2 is 1.59 bits per heavy atom. The van der Waals surface area contributed by atoms with Gasteiger partial charge in [0, 0.05) is 40.5 Å². The van der Waals surface area contributed by atoms with Gasteiger partial charge in [-0.3, -0.25) is 9.59 Å². The van der Waals surface area contributed by atoms with Crippen molar-refractivity contribution in [2.24, 2.45) is 11.8 Å². The molecule has 8 nitrogen and oxygen atoms in total. The molecular formula is C38H46O8. The second kappa shape index (κ2) is 11.7. The molecule has 2 heterocycles. The van der Waals surface area contributed by atoms with Crippen molar-refractivity contribution in [3.8, 4) is 17.2 Å². The van der Waals surface area contributed by atoms with Gasteiger partial charge in [0.15, 0.2) is 22.8 Å². The van der Waals surface area contributed by atoms with Crippen LogP contribution in [0.5, 0.6) is 17.2 Å². The molecule has 4 atom stereocenters. The molecule has 8 heteroatoms. The lowest BCUT2D eigenvalue weighted by atomic mass is 9.51. The van der Waals surface area contributed by atoms with Gasteiger partial charge in [0.25, 0.3) is 0 Å². The van der Waals surface area contributed by atoms with Crippen LogP contribution in [0.2, 0.25) is 0 Å². The number of hydrogen-bond acceptors (Lipinski definition) is 7. The van der Waals surface area contributed by atoms with Crippen LogP contribution >= 0.6 is 0 Å². The number of aliphatic carboxylic acids is 1. The van der Waals surface area contributed by atoms with E-state index in [1.54, 1.807) is 6.08 Å². The molecule has 46 heavy (non-hydrogen) atoms. The van der Waals surface area contributed by atoms with E-state index in [0.717, 1.165) is 24.0 Å². The normalized spacial score (nSPS) is 27.4. The minimum Gasteiger partial charge on any atom is -0.507 e. The first-order valence-electron chi connectivity index (χ1n) is 16.1. The number of aromatic hydroxyl groups is 2. The Morgan fingerprint density at radius 1 is 0.935 bits per heavy atom. The Morgan fingerprint density at radius 3 is 2.22 bits per heavy atom. The highest BCUT2D eigenvalue weighted by molar-refractivity contribution is 6.18. The van der Waals surface area contributed by atoms with E-state index in [-0.39, 0.29) is 64.6 Å². The molecule has 1 saturated heterocycles. The van der Waals surface area contributed by atoms with Crippen LogP contribution in [0.15, 0.2) is 58.2 Å². The SMILES string of the molecule is CC(C)=CCCC(C)=CCc1c(O)c(CC=C(C)C)c2c(c1O)C(=O)C1=C[C@@H]3CC4C(C)(C)OC(CC=C(C)C(=O)O)(C3=O)[C@@]14O2. The number of benzene rings is 1. The first kappa shape index (κ1) is 33.5. The van der Waals surface area contributed by atoms with Gasteiger partial charge in [-0.2, -0.15) is 0 Å². The first-order valence-corrected chi connectivity index (χ1v) is 16.1. The number of phenols is 2. The van der Waals surface area contributed by atoms with Crippen molar-refractivity contribution in [3.05, 3.63) is 74.9 Å². The Balaban J connectivity index is 1.71. The number of carboxylic acids is 1. The van der Waals surface area contributed by atoms with Crippen molar-refractivity contribution in [2.45, 2.75) is 111 Å². The summed E-state index contributed by atoms with van der Waals surface area (Å²) in [6, 6.07) is 0. The first-order chi connectivity index (χ1) is 21.5. The molecule has 0 radical (unpaired) electrons. The van der Waals surface area contributed by atoms with Crippen LogP contribution in [0.4, 0.5) is 0 Å². The summed E-state index contributed by atoms with van der Waals surface area (Å²) in [6.07, 6.45) is 11.6. The molecule has 1 spiro atoms. The third-order valence-electron chi connectivity index (χ3n) is 10.2. The summed E-state index contributed by atoms with van der Waals surface area (Å²) >= 11 is 0. The second-order valence-electron chi connectivity index (χ2n) is 14.4. The third kappa shape index (κ3) is 5.05. The Bertz CT molecular complexity index is 1670. The molecule has 1 aromatic rings. The van der Waals surface area contributed by atoms with Crippen molar-refractivity contribution in [3.63, 3.8) is 0 Å². The second-order valence-corrected chi connectivity index (χ2v) is 14.4. The zero-order valence-corrected chi connectivity index (χ0v) is 28.2. The molecule has 0 amide bonds. The topological polar surface area (TPSA) is 130 Å². The van der Waals surface area contributed by atoms with Crippen molar-refractivity contribution in [1.29, 1.82) is 0 Å². The molecule has 1 aromatic carbocycles.